The maximum absolute atomic E-state index is 10.7. The van der Waals surface area contributed by atoms with E-state index in [0.717, 1.165) is 6.42 Å². The molecule has 15 heavy (non-hydrogen) atoms. The Bertz CT molecular complexity index is 410. The Labute approximate surface area is 90.7 Å². The number of anilines is 1. The van der Waals surface area contributed by atoms with Crippen LogP contribution in [0.2, 0.25) is 0 Å². The van der Waals surface area contributed by atoms with E-state index in [9.17, 15) is 8.42 Å². The van der Waals surface area contributed by atoms with Crippen molar-refractivity contribution in [2.24, 2.45) is 11.1 Å². The van der Waals surface area contributed by atoms with Gasteiger partial charge in [-0.25, -0.2) is 5.14 Å². The van der Waals surface area contributed by atoms with Gasteiger partial charge < -0.3 is 0 Å². The predicted octanol–water partition coefficient (Wildman–Crippen LogP) is 1.50. The van der Waals surface area contributed by atoms with Crippen molar-refractivity contribution in [3.63, 3.8) is 0 Å². The Kier molecular flexibility index (Phi) is 3.71. The average molecular weight is 228 g/mol. The molecule has 0 saturated carbocycles. The molecule has 0 heterocycles. The van der Waals surface area contributed by atoms with Gasteiger partial charge in [0.05, 0.1) is 0 Å². The lowest BCUT2D eigenvalue weighted by atomic mass is 10.0. The summed E-state index contributed by atoms with van der Waals surface area (Å²) in [6, 6.07) is 7.21. The summed E-state index contributed by atoms with van der Waals surface area (Å²) in [6.07, 6.45) is 0.982. The summed E-state index contributed by atoms with van der Waals surface area (Å²) in [7, 11) is -3.66. The molecule has 0 atom stereocenters. The van der Waals surface area contributed by atoms with E-state index >= 15 is 0 Å². The Morgan fingerprint density at radius 1 is 1.27 bits per heavy atom. The Hall–Kier alpha value is -1.07. The molecule has 1 aromatic carbocycles. The van der Waals surface area contributed by atoms with Gasteiger partial charge in [-0.1, -0.05) is 26.0 Å². The van der Waals surface area contributed by atoms with E-state index in [2.05, 4.69) is 18.6 Å². The number of nitrogens with two attached hydrogens (primary N) is 1. The molecule has 4 nitrogen and oxygen atoms in total. The maximum atomic E-state index is 10.7. The first-order valence-corrected chi connectivity index (χ1v) is 6.31. The van der Waals surface area contributed by atoms with E-state index in [-0.39, 0.29) is 0 Å². The van der Waals surface area contributed by atoms with Crippen LogP contribution < -0.4 is 9.86 Å². The van der Waals surface area contributed by atoms with Crippen LogP contribution in [0, 0.1) is 5.92 Å². The van der Waals surface area contributed by atoms with Crippen LogP contribution >= 0.6 is 0 Å². The molecule has 0 aliphatic heterocycles. The standard InChI is InChI=1S/C10H16N2O2S/c1-8(2)7-9-3-5-10(6-4-9)12-15(11,13)14/h3-6,8,12H,7H2,1-2H3,(H2,11,13,14). The average Bonchev–Trinajstić information content (AvgIpc) is 2.05. The topological polar surface area (TPSA) is 72.2 Å². The van der Waals surface area contributed by atoms with Crippen molar-refractivity contribution in [3.05, 3.63) is 29.8 Å². The van der Waals surface area contributed by atoms with Crippen molar-refractivity contribution >= 4 is 15.9 Å². The lowest BCUT2D eigenvalue weighted by molar-refractivity contribution is 0.603. The molecule has 0 saturated heterocycles. The molecule has 0 amide bonds. The fraction of sp³-hybridized carbons (Fsp3) is 0.400. The molecule has 0 fully saturated rings. The molecule has 0 aromatic heterocycles. The highest BCUT2D eigenvalue weighted by Crippen LogP contribution is 2.13. The van der Waals surface area contributed by atoms with Crippen LogP contribution in [0.4, 0.5) is 5.69 Å². The first-order chi connectivity index (χ1) is 6.87. The van der Waals surface area contributed by atoms with E-state index in [4.69, 9.17) is 5.14 Å². The number of hydrogen-bond acceptors (Lipinski definition) is 2. The molecular formula is C10H16N2O2S. The third-order valence-electron chi connectivity index (χ3n) is 1.86. The fourth-order valence-electron chi connectivity index (χ4n) is 1.34. The van der Waals surface area contributed by atoms with Gasteiger partial charge >= 0.3 is 0 Å². The van der Waals surface area contributed by atoms with Crippen molar-refractivity contribution in [1.82, 2.24) is 0 Å². The van der Waals surface area contributed by atoms with Crippen molar-refractivity contribution in [1.29, 1.82) is 0 Å². The van der Waals surface area contributed by atoms with E-state index in [1.54, 1.807) is 12.1 Å². The highest BCUT2D eigenvalue weighted by Gasteiger charge is 2.02. The number of hydrogen-bond donors (Lipinski definition) is 2. The van der Waals surface area contributed by atoms with Gasteiger partial charge in [0.15, 0.2) is 0 Å². The van der Waals surface area contributed by atoms with Crippen LogP contribution in [-0.4, -0.2) is 8.42 Å². The second-order valence-corrected chi connectivity index (χ2v) is 5.24. The van der Waals surface area contributed by atoms with Crippen molar-refractivity contribution < 1.29 is 8.42 Å². The summed E-state index contributed by atoms with van der Waals surface area (Å²) in [5.74, 6) is 0.585. The summed E-state index contributed by atoms with van der Waals surface area (Å²) < 4.78 is 23.7. The van der Waals surface area contributed by atoms with Gasteiger partial charge in [-0.05, 0) is 30.0 Å². The highest BCUT2D eigenvalue weighted by molar-refractivity contribution is 7.90. The quantitative estimate of drug-likeness (QED) is 0.819. The summed E-state index contributed by atoms with van der Waals surface area (Å²) in [6.45, 7) is 4.27. The Morgan fingerprint density at radius 2 is 1.80 bits per heavy atom. The zero-order chi connectivity index (χ0) is 11.5. The summed E-state index contributed by atoms with van der Waals surface area (Å²) in [5.41, 5.74) is 1.68. The fourth-order valence-corrected chi connectivity index (χ4v) is 1.81. The Morgan fingerprint density at radius 3 is 2.20 bits per heavy atom. The second kappa shape index (κ2) is 4.63. The van der Waals surface area contributed by atoms with E-state index < -0.39 is 10.2 Å². The molecular weight excluding hydrogens is 212 g/mol. The van der Waals surface area contributed by atoms with Gasteiger partial charge in [-0.3, -0.25) is 4.72 Å². The molecule has 0 bridgehead atoms. The molecule has 0 aliphatic rings. The van der Waals surface area contributed by atoms with Crippen molar-refractivity contribution in [3.8, 4) is 0 Å². The minimum Gasteiger partial charge on any atom is -0.271 e. The largest absolute Gasteiger partial charge is 0.296 e. The monoisotopic (exact) mass is 228 g/mol. The van der Waals surface area contributed by atoms with Crippen LogP contribution in [0.25, 0.3) is 0 Å². The molecule has 0 radical (unpaired) electrons. The Balaban J connectivity index is 2.73. The normalized spacial score (nSPS) is 11.7. The summed E-state index contributed by atoms with van der Waals surface area (Å²) in [5, 5.41) is 4.85. The van der Waals surface area contributed by atoms with Gasteiger partial charge in [0.2, 0.25) is 0 Å². The third-order valence-corrected chi connectivity index (χ3v) is 2.38. The molecule has 1 aromatic rings. The minimum absolute atomic E-state index is 0.491. The second-order valence-electron chi connectivity index (χ2n) is 3.94. The maximum Gasteiger partial charge on any atom is 0.296 e. The first kappa shape index (κ1) is 12.0. The zero-order valence-electron chi connectivity index (χ0n) is 8.90. The molecule has 84 valence electrons. The lowest BCUT2D eigenvalue weighted by Gasteiger charge is -2.07. The molecule has 0 unspecified atom stereocenters. The summed E-state index contributed by atoms with van der Waals surface area (Å²) in [4.78, 5) is 0. The first-order valence-electron chi connectivity index (χ1n) is 4.76. The van der Waals surface area contributed by atoms with Crippen molar-refractivity contribution in [2.45, 2.75) is 20.3 Å². The van der Waals surface area contributed by atoms with Crippen LogP contribution in [0.15, 0.2) is 24.3 Å². The van der Waals surface area contributed by atoms with Crippen LogP contribution in [0.3, 0.4) is 0 Å². The van der Waals surface area contributed by atoms with Crippen LogP contribution in [0.1, 0.15) is 19.4 Å². The molecule has 1 rings (SSSR count). The number of benzene rings is 1. The smallest absolute Gasteiger partial charge is 0.271 e. The molecule has 5 heteroatoms. The lowest BCUT2D eigenvalue weighted by Crippen LogP contribution is -2.21. The van der Waals surface area contributed by atoms with Gasteiger partial charge in [-0.15, -0.1) is 0 Å². The highest BCUT2D eigenvalue weighted by atomic mass is 32.2. The molecule has 0 spiro atoms. The molecule has 0 aliphatic carbocycles. The van der Waals surface area contributed by atoms with Gasteiger partial charge in [0.1, 0.15) is 0 Å². The van der Waals surface area contributed by atoms with E-state index in [0.29, 0.717) is 11.6 Å². The van der Waals surface area contributed by atoms with Crippen LogP contribution in [0.5, 0.6) is 0 Å². The minimum atomic E-state index is -3.66. The zero-order valence-corrected chi connectivity index (χ0v) is 9.71. The number of nitrogens with one attached hydrogen (secondary N) is 1. The van der Waals surface area contributed by atoms with E-state index in [1.165, 1.54) is 5.56 Å². The van der Waals surface area contributed by atoms with Gasteiger partial charge in [-0.2, -0.15) is 8.42 Å². The number of rotatable bonds is 4. The van der Waals surface area contributed by atoms with Crippen molar-refractivity contribution in [2.75, 3.05) is 4.72 Å². The SMILES string of the molecule is CC(C)Cc1ccc(NS(N)(=O)=O)cc1. The van der Waals surface area contributed by atoms with E-state index in [1.807, 2.05) is 12.1 Å². The molecule has 3 N–H and O–H groups in total. The summed E-state index contributed by atoms with van der Waals surface area (Å²) >= 11 is 0. The van der Waals surface area contributed by atoms with Crippen LogP contribution in [-0.2, 0) is 16.6 Å². The predicted molar refractivity (Wildman–Crippen MR) is 61.7 cm³/mol. The van der Waals surface area contributed by atoms with Gasteiger partial charge in [0, 0.05) is 5.69 Å². The third kappa shape index (κ3) is 4.80. The van der Waals surface area contributed by atoms with Gasteiger partial charge in [0.25, 0.3) is 10.2 Å².